The Morgan fingerprint density at radius 3 is 2.56 bits per heavy atom. The predicted octanol–water partition coefficient (Wildman–Crippen LogP) is 3.45. The average Bonchev–Trinajstić information content (AvgIpc) is 3.16. The first-order chi connectivity index (χ1) is 12.9. The Kier molecular flexibility index (Phi) is 4.59. The van der Waals surface area contributed by atoms with E-state index in [-0.39, 0.29) is 45.3 Å². The Bertz CT molecular complexity index is 908. The standard InChI is InChI=1S/C18H20FN3O4S/c1-9-5-21(6-10(2)25-9)15-12(8-23)4-13-16(14(15)19)26-20-17(13)22-7-11(3)27-18(22)24/h4,8-11H,5-7H2,1-3H3/t9-,10-,11-/m1/s1. The molecule has 3 heterocycles. The number of rotatable bonds is 3. The van der Waals surface area contributed by atoms with E-state index in [4.69, 9.17) is 9.26 Å². The summed E-state index contributed by atoms with van der Waals surface area (Å²) in [4.78, 5) is 27.2. The highest BCUT2D eigenvalue weighted by Crippen LogP contribution is 2.39. The van der Waals surface area contributed by atoms with E-state index in [9.17, 15) is 9.59 Å². The maximum absolute atomic E-state index is 15.3. The lowest BCUT2D eigenvalue weighted by atomic mass is 10.1. The number of fused-ring (bicyclic) bond motifs is 1. The highest BCUT2D eigenvalue weighted by Gasteiger charge is 2.34. The van der Waals surface area contributed by atoms with E-state index in [2.05, 4.69) is 5.16 Å². The van der Waals surface area contributed by atoms with Crippen molar-refractivity contribution in [1.29, 1.82) is 0 Å². The normalized spacial score (nSPS) is 26.2. The van der Waals surface area contributed by atoms with Crippen LogP contribution < -0.4 is 9.80 Å². The van der Waals surface area contributed by atoms with Gasteiger partial charge in [-0.2, -0.15) is 0 Å². The molecule has 2 aliphatic rings. The third kappa shape index (κ3) is 3.08. The first-order valence-corrected chi connectivity index (χ1v) is 9.72. The summed E-state index contributed by atoms with van der Waals surface area (Å²) in [5.74, 6) is -0.383. The van der Waals surface area contributed by atoms with Crippen molar-refractivity contribution in [2.24, 2.45) is 0 Å². The minimum Gasteiger partial charge on any atom is -0.372 e. The summed E-state index contributed by atoms with van der Waals surface area (Å²) in [7, 11) is 0. The number of halogens is 1. The monoisotopic (exact) mass is 393 g/mol. The SMILES string of the molecule is C[C@@H]1CN(c2c(C=O)cc3c(N4C[C@@H](C)SC4=O)noc3c2F)C[C@@H](C)O1. The van der Waals surface area contributed by atoms with Crippen LogP contribution in [0.15, 0.2) is 10.6 Å². The molecule has 1 aromatic carbocycles. The number of ether oxygens (including phenoxy) is 1. The van der Waals surface area contributed by atoms with Crippen molar-refractivity contribution >= 4 is 45.8 Å². The average molecular weight is 393 g/mol. The van der Waals surface area contributed by atoms with Crippen molar-refractivity contribution in [1.82, 2.24) is 5.16 Å². The molecule has 0 radical (unpaired) electrons. The van der Waals surface area contributed by atoms with Gasteiger partial charge in [-0.1, -0.05) is 23.8 Å². The van der Waals surface area contributed by atoms with Gasteiger partial charge < -0.3 is 14.2 Å². The number of hydrogen-bond donors (Lipinski definition) is 0. The summed E-state index contributed by atoms with van der Waals surface area (Å²) < 4.78 is 26.3. The van der Waals surface area contributed by atoms with E-state index in [0.717, 1.165) is 0 Å². The lowest BCUT2D eigenvalue weighted by Crippen LogP contribution is -2.46. The summed E-state index contributed by atoms with van der Waals surface area (Å²) in [6.45, 7) is 7.14. The molecule has 3 atom stereocenters. The van der Waals surface area contributed by atoms with Crippen molar-refractivity contribution < 1.29 is 23.2 Å². The number of aldehydes is 1. The number of aromatic nitrogens is 1. The van der Waals surface area contributed by atoms with Crippen molar-refractivity contribution in [3.63, 3.8) is 0 Å². The van der Waals surface area contributed by atoms with Crippen LogP contribution >= 0.6 is 11.8 Å². The van der Waals surface area contributed by atoms with Gasteiger partial charge in [-0.25, -0.2) is 4.39 Å². The van der Waals surface area contributed by atoms with Crippen molar-refractivity contribution in [2.75, 3.05) is 29.4 Å². The molecule has 0 unspecified atom stereocenters. The maximum Gasteiger partial charge on any atom is 0.287 e. The summed E-state index contributed by atoms with van der Waals surface area (Å²) in [6, 6.07) is 1.55. The minimum absolute atomic E-state index is 0.0465. The molecular formula is C18H20FN3O4S. The lowest BCUT2D eigenvalue weighted by Gasteiger charge is -2.37. The maximum atomic E-state index is 15.3. The summed E-state index contributed by atoms with van der Waals surface area (Å²) in [5.41, 5.74) is 0.352. The second-order valence-corrected chi connectivity index (χ2v) is 8.49. The molecule has 2 aliphatic heterocycles. The number of hydrogen-bond acceptors (Lipinski definition) is 7. The van der Waals surface area contributed by atoms with E-state index in [1.54, 1.807) is 11.0 Å². The van der Waals surface area contributed by atoms with E-state index in [1.165, 1.54) is 16.7 Å². The molecule has 0 aliphatic carbocycles. The third-order valence-electron chi connectivity index (χ3n) is 4.77. The third-order valence-corrected chi connectivity index (χ3v) is 5.74. The van der Waals surface area contributed by atoms with Crippen LogP contribution in [0.25, 0.3) is 11.0 Å². The zero-order chi connectivity index (χ0) is 19.3. The quantitative estimate of drug-likeness (QED) is 0.739. The first-order valence-electron chi connectivity index (χ1n) is 8.84. The second kappa shape index (κ2) is 6.79. The van der Waals surface area contributed by atoms with Gasteiger partial charge in [0.25, 0.3) is 5.24 Å². The van der Waals surface area contributed by atoms with E-state index >= 15 is 4.39 Å². The van der Waals surface area contributed by atoms with Gasteiger partial charge in [0.15, 0.2) is 17.9 Å². The zero-order valence-electron chi connectivity index (χ0n) is 15.3. The Labute approximate surface area is 159 Å². The van der Waals surface area contributed by atoms with Crippen molar-refractivity contribution in [3.8, 4) is 0 Å². The molecule has 0 bridgehead atoms. The summed E-state index contributed by atoms with van der Waals surface area (Å²) in [6.07, 6.45) is 0.450. The number of benzene rings is 1. The van der Waals surface area contributed by atoms with Crippen LogP contribution in [0.5, 0.6) is 0 Å². The van der Waals surface area contributed by atoms with Gasteiger partial charge in [-0.05, 0) is 19.9 Å². The molecule has 0 spiro atoms. The van der Waals surface area contributed by atoms with Gasteiger partial charge in [0.1, 0.15) is 0 Å². The molecule has 0 N–H and O–H groups in total. The van der Waals surface area contributed by atoms with E-state index < -0.39 is 5.82 Å². The molecule has 0 saturated carbocycles. The van der Waals surface area contributed by atoms with Crippen LogP contribution in [0, 0.1) is 5.82 Å². The minimum atomic E-state index is -0.637. The fourth-order valence-corrected chi connectivity index (χ4v) is 4.64. The highest BCUT2D eigenvalue weighted by molar-refractivity contribution is 8.14. The van der Waals surface area contributed by atoms with Gasteiger partial charge in [-0.3, -0.25) is 14.5 Å². The lowest BCUT2D eigenvalue weighted by molar-refractivity contribution is -0.00543. The van der Waals surface area contributed by atoms with Crippen molar-refractivity contribution in [2.45, 2.75) is 38.2 Å². The molecule has 144 valence electrons. The molecule has 1 amide bonds. The van der Waals surface area contributed by atoms with Gasteiger partial charge in [0, 0.05) is 30.4 Å². The predicted molar refractivity (Wildman–Crippen MR) is 101 cm³/mol. The molecular weight excluding hydrogens is 373 g/mol. The zero-order valence-corrected chi connectivity index (χ0v) is 16.1. The molecule has 9 heteroatoms. The smallest absolute Gasteiger partial charge is 0.287 e. The Hall–Kier alpha value is -2.13. The van der Waals surface area contributed by atoms with Crippen LogP contribution in [0.1, 0.15) is 31.1 Å². The van der Waals surface area contributed by atoms with E-state index in [1.807, 2.05) is 20.8 Å². The molecule has 2 fully saturated rings. The first kappa shape index (κ1) is 18.2. The fraction of sp³-hybridized carbons (Fsp3) is 0.500. The Balaban J connectivity index is 1.82. The van der Waals surface area contributed by atoms with Crippen LogP contribution in [-0.2, 0) is 4.74 Å². The number of amides is 1. The van der Waals surface area contributed by atoms with E-state index in [0.29, 0.717) is 31.3 Å². The van der Waals surface area contributed by atoms with Crippen LogP contribution in [0.4, 0.5) is 20.7 Å². The van der Waals surface area contributed by atoms with Crippen LogP contribution in [0.3, 0.4) is 0 Å². The molecule has 2 aromatic rings. The van der Waals surface area contributed by atoms with Gasteiger partial charge >= 0.3 is 0 Å². The number of anilines is 2. The Morgan fingerprint density at radius 1 is 1.26 bits per heavy atom. The second-order valence-electron chi connectivity index (χ2n) is 7.10. The van der Waals surface area contributed by atoms with Gasteiger partial charge in [0.05, 0.1) is 23.3 Å². The molecule has 4 rings (SSSR count). The van der Waals surface area contributed by atoms with Gasteiger partial charge in [-0.15, -0.1) is 0 Å². The van der Waals surface area contributed by atoms with Crippen LogP contribution in [-0.4, -0.2) is 53.8 Å². The molecule has 2 saturated heterocycles. The summed E-state index contributed by atoms with van der Waals surface area (Å²) >= 11 is 1.20. The Morgan fingerprint density at radius 2 is 1.96 bits per heavy atom. The number of thioether (sulfide) groups is 1. The number of carbonyl (C=O) groups excluding carboxylic acids is 2. The van der Waals surface area contributed by atoms with Crippen LogP contribution in [0.2, 0.25) is 0 Å². The van der Waals surface area contributed by atoms with Crippen molar-refractivity contribution in [3.05, 3.63) is 17.4 Å². The number of nitrogens with zero attached hydrogens (tertiary/aromatic N) is 3. The largest absolute Gasteiger partial charge is 0.372 e. The topological polar surface area (TPSA) is 75.9 Å². The highest BCUT2D eigenvalue weighted by atomic mass is 32.2. The molecule has 27 heavy (non-hydrogen) atoms. The molecule has 1 aromatic heterocycles. The fourth-order valence-electron chi connectivity index (χ4n) is 3.78. The van der Waals surface area contributed by atoms with Gasteiger partial charge in [0.2, 0.25) is 5.58 Å². The summed E-state index contributed by atoms with van der Waals surface area (Å²) in [5, 5.41) is 4.21. The molecule has 7 nitrogen and oxygen atoms in total. The number of carbonyl (C=O) groups is 2. The number of morpholine rings is 1.